The molecule has 0 aliphatic carbocycles. The number of nitrogens with zero attached hydrogens (tertiary/aromatic N) is 2. The summed E-state index contributed by atoms with van der Waals surface area (Å²) in [5, 5.41) is 2.89. The van der Waals surface area contributed by atoms with Crippen LogP contribution in [0.3, 0.4) is 0 Å². The Bertz CT molecular complexity index is 838. The van der Waals surface area contributed by atoms with Gasteiger partial charge < -0.3 is 15.0 Å². The van der Waals surface area contributed by atoms with E-state index in [0.29, 0.717) is 19.6 Å². The Morgan fingerprint density at radius 3 is 2.62 bits per heavy atom. The summed E-state index contributed by atoms with van der Waals surface area (Å²) < 4.78 is 5.92. The third-order valence-electron chi connectivity index (χ3n) is 5.24. The van der Waals surface area contributed by atoms with Gasteiger partial charge in [0.05, 0.1) is 12.5 Å². The molecule has 3 rings (SSSR count). The number of benzene rings is 2. The Morgan fingerprint density at radius 2 is 1.90 bits per heavy atom. The number of carbonyl (C=O) groups is 2. The lowest BCUT2D eigenvalue weighted by molar-refractivity contribution is -0.139. The summed E-state index contributed by atoms with van der Waals surface area (Å²) in [7, 11) is 1.78. The van der Waals surface area contributed by atoms with Crippen LogP contribution in [-0.4, -0.2) is 53.8 Å². The molecule has 154 valence electrons. The van der Waals surface area contributed by atoms with Crippen molar-refractivity contribution in [3.05, 3.63) is 60.2 Å². The van der Waals surface area contributed by atoms with Crippen LogP contribution in [0.25, 0.3) is 0 Å². The van der Waals surface area contributed by atoms with Crippen LogP contribution in [0.4, 0.5) is 0 Å². The molecule has 6 heteroatoms. The molecule has 1 aliphatic rings. The van der Waals surface area contributed by atoms with E-state index in [-0.39, 0.29) is 24.3 Å². The van der Waals surface area contributed by atoms with Gasteiger partial charge in [0.2, 0.25) is 11.8 Å². The smallest absolute Gasteiger partial charge is 0.237 e. The first kappa shape index (κ1) is 20.9. The summed E-state index contributed by atoms with van der Waals surface area (Å²) in [4.78, 5) is 28.8. The topological polar surface area (TPSA) is 61.9 Å². The normalized spacial score (nSPS) is 17.1. The molecule has 1 fully saturated rings. The Morgan fingerprint density at radius 1 is 1.17 bits per heavy atom. The minimum atomic E-state index is -0.462. The lowest BCUT2D eigenvalue weighted by atomic mass is 10.1. The fraction of sp³-hybridized carbons (Fsp3) is 0.391. The second-order valence-corrected chi connectivity index (χ2v) is 7.64. The molecule has 2 aromatic carbocycles. The Hall–Kier alpha value is -2.86. The van der Waals surface area contributed by atoms with Crippen molar-refractivity contribution in [2.45, 2.75) is 38.9 Å². The molecule has 0 aromatic heterocycles. The largest absolute Gasteiger partial charge is 0.457 e. The highest BCUT2D eigenvalue weighted by atomic mass is 16.5. The van der Waals surface area contributed by atoms with Gasteiger partial charge in [-0.2, -0.15) is 0 Å². The molecular formula is C23H29N3O3. The van der Waals surface area contributed by atoms with Crippen molar-refractivity contribution in [3.63, 3.8) is 0 Å². The van der Waals surface area contributed by atoms with Gasteiger partial charge in [-0.25, -0.2) is 0 Å². The molecular weight excluding hydrogens is 366 g/mol. The van der Waals surface area contributed by atoms with Crippen LogP contribution < -0.4 is 10.1 Å². The Balaban J connectivity index is 1.70. The van der Waals surface area contributed by atoms with E-state index in [1.54, 1.807) is 11.9 Å². The van der Waals surface area contributed by atoms with E-state index in [1.165, 1.54) is 0 Å². The molecule has 1 N–H and O–H groups in total. The van der Waals surface area contributed by atoms with Crippen LogP contribution in [-0.2, 0) is 16.1 Å². The number of rotatable bonds is 7. The molecule has 0 radical (unpaired) electrons. The van der Waals surface area contributed by atoms with Crippen LogP contribution >= 0.6 is 0 Å². The zero-order valence-corrected chi connectivity index (χ0v) is 17.3. The van der Waals surface area contributed by atoms with Gasteiger partial charge in [0.15, 0.2) is 0 Å². The standard InChI is InChI=1S/C23H29N3O3/c1-17(2)25(3)22(27)15-21-23(28)24-12-13-26(21)16-18-8-7-11-20(14-18)29-19-9-5-4-6-10-19/h4-11,14,17,21H,12-13,15-16H2,1-3H3,(H,24,28)/t21-/m0/s1. The molecule has 0 unspecified atom stereocenters. The lowest BCUT2D eigenvalue weighted by Gasteiger charge is -2.36. The van der Waals surface area contributed by atoms with Crippen LogP contribution in [0.15, 0.2) is 54.6 Å². The van der Waals surface area contributed by atoms with E-state index < -0.39 is 6.04 Å². The first-order chi connectivity index (χ1) is 13.9. The predicted octanol–water partition coefficient (Wildman–Crippen LogP) is 3.04. The van der Waals surface area contributed by atoms with E-state index in [0.717, 1.165) is 17.1 Å². The second kappa shape index (κ2) is 9.56. The van der Waals surface area contributed by atoms with Crippen molar-refractivity contribution in [2.75, 3.05) is 20.1 Å². The average Bonchev–Trinajstić information content (AvgIpc) is 2.71. The first-order valence-electron chi connectivity index (χ1n) is 10.0. The lowest BCUT2D eigenvalue weighted by Crippen LogP contribution is -2.56. The summed E-state index contributed by atoms with van der Waals surface area (Å²) >= 11 is 0. The predicted molar refractivity (Wildman–Crippen MR) is 113 cm³/mol. The fourth-order valence-electron chi connectivity index (χ4n) is 3.34. The van der Waals surface area contributed by atoms with E-state index in [4.69, 9.17) is 4.74 Å². The second-order valence-electron chi connectivity index (χ2n) is 7.64. The number of hydrogen-bond donors (Lipinski definition) is 1. The van der Waals surface area contributed by atoms with Gasteiger partial charge >= 0.3 is 0 Å². The highest BCUT2D eigenvalue weighted by Gasteiger charge is 2.32. The molecule has 2 aromatic rings. The quantitative estimate of drug-likeness (QED) is 0.783. The SMILES string of the molecule is CC(C)N(C)C(=O)C[C@H]1C(=O)NCCN1Cc1cccc(Oc2ccccc2)c1. The van der Waals surface area contributed by atoms with E-state index >= 15 is 0 Å². The van der Waals surface area contributed by atoms with Gasteiger partial charge in [0.1, 0.15) is 11.5 Å². The maximum atomic E-state index is 12.6. The summed E-state index contributed by atoms with van der Waals surface area (Å²) in [6.07, 6.45) is 0.181. The Kier molecular flexibility index (Phi) is 6.88. The fourth-order valence-corrected chi connectivity index (χ4v) is 3.34. The van der Waals surface area contributed by atoms with E-state index in [9.17, 15) is 9.59 Å². The summed E-state index contributed by atoms with van der Waals surface area (Å²) in [5.41, 5.74) is 1.04. The molecule has 6 nitrogen and oxygen atoms in total. The highest BCUT2D eigenvalue weighted by Crippen LogP contribution is 2.23. The van der Waals surface area contributed by atoms with Gasteiger partial charge in [-0.15, -0.1) is 0 Å². The average molecular weight is 396 g/mol. The number of para-hydroxylation sites is 1. The van der Waals surface area contributed by atoms with Crippen molar-refractivity contribution in [1.82, 2.24) is 15.1 Å². The van der Waals surface area contributed by atoms with Gasteiger partial charge in [-0.3, -0.25) is 14.5 Å². The van der Waals surface area contributed by atoms with Gasteiger partial charge in [-0.1, -0.05) is 30.3 Å². The molecule has 1 aliphatic heterocycles. The molecule has 0 spiro atoms. The highest BCUT2D eigenvalue weighted by molar-refractivity contribution is 5.88. The number of nitrogens with one attached hydrogen (secondary N) is 1. The summed E-state index contributed by atoms with van der Waals surface area (Å²) in [6.45, 7) is 5.81. The van der Waals surface area contributed by atoms with Crippen LogP contribution in [0.2, 0.25) is 0 Å². The van der Waals surface area contributed by atoms with Crippen molar-refractivity contribution >= 4 is 11.8 Å². The van der Waals surface area contributed by atoms with Crippen LogP contribution in [0.1, 0.15) is 25.8 Å². The molecule has 1 heterocycles. The molecule has 2 amide bonds. The zero-order valence-electron chi connectivity index (χ0n) is 17.3. The van der Waals surface area contributed by atoms with Gasteiger partial charge in [0, 0.05) is 32.7 Å². The third-order valence-corrected chi connectivity index (χ3v) is 5.24. The number of amides is 2. The Labute approximate surface area is 172 Å². The van der Waals surface area contributed by atoms with Gasteiger partial charge in [-0.05, 0) is 43.7 Å². The number of piperazine rings is 1. The third kappa shape index (κ3) is 5.57. The maximum absolute atomic E-state index is 12.6. The molecule has 0 bridgehead atoms. The van der Waals surface area contributed by atoms with Crippen molar-refractivity contribution in [3.8, 4) is 11.5 Å². The van der Waals surface area contributed by atoms with E-state index in [2.05, 4.69) is 10.2 Å². The monoisotopic (exact) mass is 395 g/mol. The zero-order chi connectivity index (χ0) is 20.8. The summed E-state index contributed by atoms with van der Waals surface area (Å²) in [6, 6.07) is 17.1. The minimum absolute atomic E-state index is 0.0202. The van der Waals surface area contributed by atoms with Crippen molar-refractivity contribution in [2.24, 2.45) is 0 Å². The van der Waals surface area contributed by atoms with Crippen LogP contribution in [0.5, 0.6) is 11.5 Å². The summed E-state index contributed by atoms with van der Waals surface area (Å²) in [5.74, 6) is 1.43. The van der Waals surface area contributed by atoms with Crippen molar-refractivity contribution in [1.29, 1.82) is 0 Å². The number of ether oxygens (including phenoxy) is 1. The van der Waals surface area contributed by atoms with Crippen molar-refractivity contribution < 1.29 is 14.3 Å². The first-order valence-corrected chi connectivity index (χ1v) is 10.0. The molecule has 1 saturated heterocycles. The van der Waals surface area contributed by atoms with E-state index in [1.807, 2.05) is 68.4 Å². The molecule has 29 heavy (non-hydrogen) atoms. The minimum Gasteiger partial charge on any atom is -0.457 e. The van der Waals surface area contributed by atoms with Crippen LogP contribution in [0, 0.1) is 0 Å². The maximum Gasteiger partial charge on any atom is 0.237 e. The number of carbonyl (C=O) groups excluding carboxylic acids is 2. The molecule has 1 atom stereocenters. The molecule has 0 saturated carbocycles. The van der Waals surface area contributed by atoms with Gasteiger partial charge in [0.25, 0.3) is 0 Å². The number of hydrogen-bond acceptors (Lipinski definition) is 4.